The van der Waals surface area contributed by atoms with Crippen molar-refractivity contribution in [2.24, 2.45) is 5.92 Å². The Hall–Kier alpha value is -2.21. The summed E-state index contributed by atoms with van der Waals surface area (Å²) in [6.07, 6.45) is 0.873. The molecule has 1 aromatic carbocycles. The van der Waals surface area contributed by atoms with Crippen molar-refractivity contribution in [3.8, 4) is 0 Å². The first-order valence-electron chi connectivity index (χ1n) is 8.14. The van der Waals surface area contributed by atoms with Crippen molar-refractivity contribution < 1.29 is 4.79 Å². The largest absolute Gasteiger partial charge is 0.350 e. The number of carbonyl (C=O) groups is 1. The van der Waals surface area contributed by atoms with Gasteiger partial charge in [0.25, 0.3) is 5.56 Å². The first kappa shape index (κ1) is 16.6. The topological polar surface area (TPSA) is 77.8 Å². The Kier molecular flexibility index (Phi) is 4.66. The summed E-state index contributed by atoms with van der Waals surface area (Å²) < 4.78 is 0.265. The van der Waals surface area contributed by atoms with Crippen LogP contribution in [-0.4, -0.2) is 15.9 Å². The van der Waals surface area contributed by atoms with E-state index < -0.39 is 0 Å². The average molecular weight is 343 g/mol. The van der Waals surface area contributed by atoms with Crippen LogP contribution in [0.15, 0.2) is 35.1 Å². The van der Waals surface area contributed by atoms with Gasteiger partial charge in [-0.25, -0.2) is 0 Å². The first-order valence-corrected chi connectivity index (χ1v) is 8.55. The highest BCUT2D eigenvalue weighted by atomic mass is 32.1. The third-order valence-corrected chi connectivity index (χ3v) is 4.63. The maximum absolute atomic E-state index is 12.3. The quantitative estimate of drug-likeness (QED) is 0.730. The zero-order valence-electron chi connectivity index (χ0n) is 13.8. The second-order valence-electron chi connectivity index (χ2n) is 6.60. The third kappa shape index (κ3) is 3.82. The lowest BCUT2D eigenvalue weighted by molar-refractivity contribution is -0.122. The minimum atomic E-state index is -0.266. The van der Waals surface area contributed by atoms with Gasteiger partial charge in [0, 0.05) is 17.7 Å². The second-order valence-corrected chi connectivity index (χ2v) is 7.01. The minimum Gasteiger partial charge on any atom is -0.350 e. The van der Waals surface area contributed by atoms with Gasteiger partial charge in [0.15, 0.2) is 4.77 Å². The van der Waals surface area contributed by atoms with E-state index in [1.165, 1.54) is 17.2 Å². The van der Waals surface area contributed by atoms with E-state index in [0.29, 0.717) is 17.5 Å². The number of carbonyl (C=O) groups excluding carboxylic acids is 1. The lowest BCUT2D eigenvalue weighted by Crippen LogP contribution is -2.26. The number of nitrogens with one attached hydrogen (secondary N) is 3. The maximum Gasteiger partial charge on any atom is 0.251 e. The van der Waals surface area contributed by atoms with Gasteiger partial charge in [-0.1, -0.05) is 38.1 Å². The highest BCUT2D eigenvalue weighted by Gasteiger charge is 2.43. The Balaban J connectivity index is 1.57. The summed E-state index contributed by atoms with van der Waals surface area (Å²) in [6.45, 7) is 4.62. The fourth-order valence-electron chi connectivity index (χ4n) is 2.91. The zero-order valence-corrected chi connectivity index (χ0v) is 14.6. The van der Waals surface area contributed by atoms with E-state index in [4.69, 9.17) is 12.2 Å². The molecule has 5 nitrogen and oxygen atoms in total. The molecule has 126 valence electrons. The molecular formula is C18H21N3O2S. The summed E-state index contributed by atoms with van der Waals surface area (Å²) >= 11 is 4.92. The van der Waals surface area contributed by atoms with Gasteiger partial charge in [-0.05, 0) is 41.6 Å². The summed E-state index contributed by atoms with van der Waals surface area (Å²) in [5, 5.41) is 2.88. The molecule has 24 heavy (non-hydrogen) atoms. The molecule has 0 bridgehead atoms. The summed E-state index contributed by atoms with van der Waals surface area (Å²) in [5.41, 5.74) is 2.87. The summed E-state index contributed by atoms with van der Waals surface area (Å²) in [4.78, 5) is 29.0. The standard InChI is InChI=1S/C18H21N3O2S/c1-10(2)11-3-5-12(6-4-11)14-8-15(14)17(23)19-9-13-7-16(22)21-18(24)20-13/h3-7,10,14-15H,8-9H2,1-2H3,(H,19,23)(H2,20,21,22,24). The Morgan fingerprint density at radius 2 is 2.00 bits per heavy atom. The zero-order chi connectivity index (χ0) is 17.3. The number of benzene rings is 1. The molecule has 1 heterocycles. The van der Waals surface area contributed by atoms with Gasteiger partial charge < -0.3 is 10.3 Å². The van der Waals surface area contributed by atoms with E-state index in [1.807, 2.05) is 0 Å². The lowest BCUT2D eigenvalue weighted by atomic mass is 10.00. The molecule has 3 rings (SSSR count). The van der Waals surface area contributed by atoms with Crippen LogP contribution in [0.25, 0.3) is 0 Å². The molecule has 6 heteroatoms. The first-order chi connectivity index (χ1) is 11.4. The van der Waals surface area contributed by atoms with Gasteiger partial charge in [-0.3, -0.25) is 14.6 Å². The number of H-pyrrole nitrogens is 2. The summed E-state index contributed by atoms with van der Waals surface area (Å²) in [7, 11) is 0. The number of hydrogen-bond donors (Lipinski definition) is 3. The third-order valence-electron chi connectivity index (χ3n) is 4.43. The molecule has 1 amide bonds. The highest BCUT2D eigenvalue weighted by molar-refractivity contribution is 7.71. The van der Waals surface area contributed by atoms with E-state index in [2.05, 4.69) is 53.4 Å². The number of aromatic amines is 2. The predicted octanol–water partition coefficient (Wildman–Crippen LogP) is 2.98. The van der Waals surface area contributed by atoms with Crippen molar-refractivity contribution >= 4 is 18.1 Å². The summed E-state index contributed by atoms with van der Waals surface area (Å²) in [5.74, 6) is 0.841. The van der Waals surface area contributed by atoms with Crippen molar-refractivity contribution in [2.45, 2.75) is 38.6 Å². The van der Waals surface area contributed by atoms with Gasteiger partial charge in [-0.15, -0.1) is 0 Å². The molecular weight excluding hydrogens is 322 g/mol. The van der Waals surface area contributed by atoms with Crippen molar-refractivity contribution in [3.63, 3.8) is 0 Å². The molecule has 1 fully saturated rings. The fourth-order valence-corrected chi connectivity index (χ4v) is 3.14. The predicted molar refractivity (Wildman–Crippen MR) is 95.5 cm³/mol. The highest BCUT2D eigenvalue weighted by Crippen LogP contribution is 2.47. The van der Waals surface area contributed by atoms with E-state index in [-0.39, 0.29) is 28.7 Å². The summed E-state index contributed by atoms with van der Waals surface area (Å²) in [6, 6.07) is 9.95. The number of aromatic nitrogens is 2. The molecule has 0 radical (unpaired) electrons. The maximum atomic E-state index is 12.3. The number of rotatable bonds is 5. The van der Waals surface area contributed by atoms with E-state index in [9.17, 15) is 9.59 Å². The Labute approximate surface area is 145 Å². The van der Waals surface area contributed by atoms with Gasteiger partial charge >= 0.3 is 0 Å². The molecule has 1 aliphatic carbocycles. The SMILES string of the molecule is CC(C)c1ccc(C2CC2C(=O)NCc2cc(=O)[nH]c(=S)[nH]2)cc1. The molecule has 0 saturated heterocycles. The Morgan fingerprint density at radius 3 is 2.62 bits per heavy atom. The van der Waals surface area contributed by atoms with Crippen LogP contribution < -0.4 is 10.9 Å². The fraction of sp³-hybridized carbons (Fsp3) is 0.389. The molecule has 1 saturated carbocycles. The smallest absolute Gasteiger partial charge is 0.251 e. The van der Waals surface area contributed by atoms with Crippen LogP contribution in [0, 0.1) is 10.7 Å². The van der Waals surface area contributed by atoms with Crippen LogP contribution in [0.3, 0.4) is 0 Å². The van der Waals surface area contributed by atoms with Crippen molar-refractivity contribution in [1.82, 2.24) is 15.3 Å². The molecule has 2 unspecified atom stereocenters. The second kappa shape index (κ2) is 6.73. The van der Waals surface area contributed by atoms with Gasteiger partial charge in [0.2, 0.25) is 5.91 Å². The molecule has 2 aromatic rings. The van der Waals surface area contributed by atoms with Crippen LogP contribution in [0.1, 0.15) is 48.9 Å². The van der Waals surface area contributed by atoms with E-state index >= 15 is 0 Å². The van der Waals surface area contributed by atoms with Crippen LogP contribution in [0.2, 0.25) is 0 Å². The normalized spacial score (nSPS) is 19.3. The van der Waals surface area contributed by atoms with Gasteiger partial charge in [0.1, 0.15) is 0 Å². The monoisotopic (exact) mass is 343 g/mol. The lowest BCUT2D eigenvalue weighted by Gasteiger charge is -2.07. The molecule has 1 aromatic heterocycles. The number of hydrogen-bond acceptors (Lipinski definition) is 3. The van der Waals surface area contributed by atoms with Crippen LogP contribution in [0.4, 0.5) is 0 Å². The Morgan fingerprint density at radius 1 is 1.29 bits per heavy atom. The van der Waals surface area contributed by atoms with Crippen LogP contribution in [-0.2, 0) is 11.3 Å². The van der Waals surface area contributed by atoms with Gasteiger partial charge in [0.05, 0.1) is 6.54 Å². The minimum absolute atomic E-state index is 0.0138. The molecule has 2 atom stereocenters. The molecule has 0 aliphatic heterocycles. The van der Waals surface area contributed by atoms with Crippen molar-refractivity contribution in [3.05, 3.63) is 62.3 Å². The van der Waals surface area contributed by atoms with Crippen LogP contribution >= 0.6 is 12.2 Å². The average Bonchev–Trinajstić information content (AvgIpc) is 3.32. The molecule has 1 aliphatic rings. The number of amides is 1. The molecule has 0 spiro atoms. The Bertz CT molecular complexity index is 823. The van der Waals surface area contributed by atoms with Crippen molar-refractivity contribution in [1.29, 1.82) is 0 Å². The van der Waals surface area contributed by atoms with E-state index in [0.717, 1.165) is 6.42 Å². The van der Waals surface area contributed by atoms with Crippen LogP contribution in [0.5, 0.6) is 0 Å². The van der Waals surface area contributed by atoms with Gasteiger partial charge in [-0.2, -0.15) is 0 Å². The van der Waals surface area contributed by atoms with Crippen molar-refractivity contribution in [2.75, 3.05) is 0 Å². The van der Waals surface area contributed by atoms with E-state index in [1.54, 1.807) is 0 Å². The molecule has 3 N–H and O–H groups in total.